The average Bonchev–Trinajstić information content (AvgIpc) is 2.89. The van der Waals surface area contributed by atoms with Crippen LogP contribution in [0, 0.1) is 6.92 Å². The Kier molecular flexibility index (Phi) is 3.29. The van der Waals surface area contributed by atoms with E-state index in [9.17, 15) is 0 Å². The van der Waals surface area contributed by atoms with E-state index in [-0.39, 0.29) is 6.04 Å². The number of aryl methyl sites for hydroxylation is 1. The summed E-state index contributed by atoms with van der Waals surface area (Å²) >= 11 is 1.73. The first-order chi connectivity index (χ1) is 9.29. The van der Waals surface area contributed by atoms with Crippen molar-refractivity contribution in [3.05, 3.63) is 64.8 Å². The first-order valence-electron chi connectivity index (χ1n) is 6.14. The largest absolute Gasteiger partial charge is 0.271 e. The highest BCUT2D eigenvalue weighted by Gasteiger charge is 2.17. The average molecular weight is 269 g/mol. The Morgan fingerprint density at radius 2 is 2.16 bits per heavy atom. The van der Waals surface area contributed by atoms with Crippen molar-refractivity contribution >= 4 is 21.4 Å². The lowest BCUT2D eigenvalue weighted by molar-refractivity contribution is 0.624. The molecule has 1 atom stereocenters. The standard InChI is InChI=1S/C15H15N3S/c1-10-5-7-17-13(9-10)14(18-16)12-4-2-3-11-6-8-19-15(11)12/h2-9,14,18H,16H2,1H3. The van der Waals surface area contributed by atoms with Crippen LogP contribution >= 0.6 is 11.3 Å². The number of aromatic nitrogens is 1. The van der Waals surface area contributed by atoms with Crippen LogP contribution in [0.4, 0.5) is 0 Å². The van der Waals surface area contributed by atoms with Gasteiger partial charge in [0, 0.05) is 10.9 Å². The SMILES string of the molecule is Cc1ccnc(C(NN)c2cccc3ccsc23)c1. The number of pyridine rings is 1. The van der Waals surface area contributed by atoms with Crippen molar-refractivity contribution in [2.45, 2.75) is 13.0 Å². The predicted molar refractivity (Wildman–Crippen MR) is 80.0 cm³/mol. The van der Waals surface area contributed by atoms with Crippen molar-refractivity contribution in [3.8, 4) is 0 Å². The Hall–Kier alpha value is -1.75. The lowest BCUT2D eigenvalue weighted by atomic mass is 10.0. The molecule has 2 heterocycles. The van der Waals surface area contributed by atoms with E-state index in [2.05, 4.69) is 53.0 Å². The van der Waals surface area contributed by atoms with E-state index in [1.165, 1.54) is 21.2 Å². The molecule has 4 heteroatoms. The minimum Gasteiger partial charge on any atom is -0.271 e. The van der Waals surface area contributed by atoms with Gasteiger partial charge >= 0.3 is 0 Å². The maximum atomic E-state index is 5.76. The topological polar surface area (TPSA) is 50.9 Å². The minimum atomic E-state index is -0.0813. The molecule has 0 saturated carbocycles. The third-order valence-corrected chi connectivity index (χ3v) is 4.20. The summed E-state index contributed by atoms with van der Waals surface area (Å²) in [5.74, 6) is 5.76. The van der Waals surface area contributed by atoms with Crippen LogP contribution < -0.4 is 11.3 Å². The van der Waals surface area contributed by atoms with Crippen LogP contribution in [-0.2, 0) is 0 Å². The summed E-state index contributed by atoms with van der Waals surface area (Å²) in [5, 5.41) is 3.35. The molecule has 2 aromatic heterocycles. The Bertz CT molecular complexity index is 705. The van der Waals surface area contributed by atoms with Gasteiger partial charge in [-0.1, -0.05) is 18.2 Å². The molecule has 1 unspecified atom stereocenters. The lowest BCUT2D eigenvalue weighted by Crippen LogP contribution is -2.29. The van der Waals surface area contributed by atoms with Crippen LogP contribution in [0.2, 0.25) is 0 Å². The van der Waals surface area contributed by atoms with Gasteiger partial charge in [0.05, 0.1) is 11.7 Å². The molecule has 0 aliphatic rings. The zero-order chi connectivity index (χ0) is 13.2. The van der Waals surface area contributed by atoms with Crippen molar-refractivity contribution < 1.29 is 0 Å². The number of nitrogens with one attached hydrogen (secondary N) is 1. The maximum Gasteiger partial charge on any atom is 0.0895 e. The molecule has 0 fully saturated rings. The molecular formula is C15H15N3S. The number of thiophene rings is 1. The second-order valence-electron chi connectivity index (χ2n) is 4.54. The van der Waals surface area contributed by atoms with Gasteiger partial charge < -0.3 is 0 Å². The van der Waals surface area contributed by atoms with Gasteiger partial charge in [-0.2, -0.15) is 0 Å². The molecule has 0 aliphatic carbocycles. The van der Waals surface area contributed by atoms with E-state index >= 15 is 0 Å². The van der Waals surface area contributed by atoms with Crippen molar-refractivity contribution in [2.75, 3.05) is 0 Å². The van der Waals surface area contributed by atoms with Crippen LogP contribution in [-0.4, -0.2) is 4.98 Å². The lowest BCUT2D eigenvalue weighted by Gasteiger charge is -2.17. The maximum absolute atomic E-state index is 5.76. The summed E-state index contributed by atoms with van der Waals surface area (Å²) < 4.78 is 1.26. The molecule has 0 amide bonds. The number of rotatable bonds is 3. The zero-order valence-electron chi connectivity index (χ0n) is 10.6. The minimum absolute atomic E-state index is 0.0813. The van der Waals surface area contributed by atoms with Crippen molar-refractivity contribution in [2.24, 2.45) is 5.84 Å². The predicted octanol–water partition coefficient (Wildman–Crippen LogP) is 3.16. The summed E-state index contributed by atoms with van der Waals surface area (Å²) in [6.45, 7) is 2.06. The van der Waals surface area contributed by atoms with Gasteiger partial charge in [0.2, 0.25) is 0 Å². The van der Waals surface area contributed by atoms with E-state index in [0.29, 0.717) is 0 Å². The molecule has 0 spiro atoms. The molecule has 0 radical (unpaired) electrons. The van der Waals surface area contributed by atoms with Gasteiger partial charge in [0.1, 0.15) is 0 Å². The van der Waals surface area contributed by atoms with E-state index in [4.69, 9.17) is 5.84 Å². The first kappa shape index (κ1) is 12.3. The summed E-state index contributed by atoms with van der Waals surface area (Å²) in [6, 6.07) is 12.4. The quantitative estimate of drug-likeness (QED) is 0.567. The zero-order valence-corrected chi connectivity index (χ0v) is 11.4. The molecule has 0 saturated heterocycles. The summed E-state index contributed by atoms with van der Waals surface area (Å²) in [6.07, 6.45) is 1.82. The molecule has 3 nitrogen and oxygen atoms in total. The number of nitrogens with two attached hydrogens (primary N) is 1. The molecule has 0 aliphatic heterocycles. The molecule has 3 N–H and O–H groups in total. The highest BCUT2D eigenvalue weighted by atomic mass is 32.1. The van der Waals surface area contributed by atoms with Gasteiger partial charge in [0.15, 0.2) is 0 Å². The number of hydrogen-bond acceptors (Lipinski definition) is 4. The van der Waals surface area contributed by atoms with Gasteiger partial charge in [-0.25, -0.2) is 5.43 Å². The number of hydrazine groups is 1. The second kappa shape index (κ2) is 5.09. The molecule has 0 bridgehead atoms. The smallest absolute Gasteiger partial charge is 0.0895 e. The molecular weight excluding hydrogens is 254 g/mol. The van der Waals surface area contributed by atoms with E-state index in [1.54, 1.807) is 11.3 Å². The van der Waals surface area contributed by atoms with Gasteiger partial charge in [-0.3, -0.25) is 10.8 Å². The van der Waals surface area contributed by atoms with E-state index in [1.807, 2.05) is 12.3 Å². The Morgan fingerprint density at radius 1 is 1.26 bits per heavy atom. The summed E-state index contributed by atoms with van der Waals surface area (Å²) in [5.41, 5.74) is 6.19. The second-order valence-corrected chi connectivity index (χ2v) is 5.46. The monoisotopic (exact) mass is 269 g/mol. The fourth-order valence-electron chi connectivity index (χ4n) is 2.30. The summed E-state index contributed by atoms with van der Waals surface area (Å²) in [4.78, 5) is 4.44. The van der Waals surface area contributed by atoms with Crippen molar-refractivity contribution in [3.63, 3.8) is 0 Å². The van der Waals surface area contributed by atoms with Crippen LogP contribution in [0.1, 0.15) is 22.9 Å². The van der Waals surface area contributed by atoms with E-state index < -0.39 is 0 Å². The molecule has 3 aromatic rings. The van der Waals surface area contributed by atoms with Crippen molar-refractivity contribution in [1.82, 2.24) is 10.4 Å². The fourth-order valence-corrected chi connectivity index (χ4v) is 3.24. The normalized spacial score (nSPS) is 12.7. The third kappa shape index (κ3) is 2.26. The fraction of sp³-hybridized carbons (Fsp3) is 0.133. The third-order valence-electron chi connectivity index (χ3n) is 3.22. The van der Waals surface area contributed by atoms with Gasteiger partial charge in [0.25, 0.3) is 0 Å². The van der Waals surface area contributed by atoms with Crippen LogP contribution in [0.15, 0.2) is 48.0 Å². The Labute approximate surface area is 116 Å². The first-order valence-corrected chi connectivity index (χ1v) is 7.02. The highest BCUT2D eigenvalue weighted by molar-refractivity contribution is 7.17. The Morgan fingerprint density at radius 3 is 2.95 bits per heavy atom. The van der Waals surface area contributed by atoms with E-state index in [0.717, 1.165) is 5.69 Å². The number of nitrogens with zero attached hydrogens (tertiary/aromatic N) is 1. The number of hydrogen-bond donors (Lipinski definition) is 2. The molecule has 19 heavy (non-hydrogen) atoms. The number of fused-ring (bicyclic) bond motifs is 1. The van der Waals surface area contributed by atoms with Gasteiger partial charge in [-0.15, -0.1) is 11.3 Å². The molecule has 3 rings (SSSR count). The van der Waals surface area contributed by atoms with Crippen LogP contribution in [0.5, 0.6) is 0 Å². The highest BCUT2D eigenvalue weighted by Crippen LogP contribution is 2.31. The molecule has 96 valence electrons. The van der Waals surface area contributed by atoms with Gasteiger partial charge in [-0.05, 0) is 47.0 Å². The van der Waals surface area contributed by atoms with Crippen molar-refractivity contribution in [1.29, 1.82) is 0 Å². The van der Waals surface area contributed by atoms with Crippen LogP contribution in [0.25, 0.3) is 10.1 Å². The molecule has 1 aromatic carbocycles. The van der Waals surface area contributed by atoms with Crippen LogP contribution in [0.3, 0.4) is 0 Å². The summed E-state index contributed by atoms with van der Waals surface area (Å²) in [7, 11) is 0. The number of benzene rings is 1. The Balaban J connectivity index is 2.14.